The molecule has 1 atom stereocenters. The van der Waals surface area contributed by atoms with Crippen molar-refractivity contribution in [2.24, 2.45) is 0 Å². The zero-order valence-electron chi connectivity index (χ0n) is 9.89. The minimum Gasteiger partial charge on any atom is -0.314 e. The van der Waals surface area contributed by atoms with E-state index in [0.29, 0.717) is 6.42 Å². The number of alkyl halides is 3. The summed E-state index contributed by atoms with van der Waals surface area (Å²) in [6.07, 6.45) is -2.97. The van der Waals surface area contributed by atoms with Crippen LogP contribution < -0.4 is 5.32 Å². The Morgan fingerprint density at radius 2 is 2.18 bits per heavy atom. The molecule has 1 aromatic rings. The number of thiophene rings is 1. The Hall–Kier alpha value is -0.550. The van der Waals surface area contributed by atoms with Crippen molar-refractivity contribution >= 4 is 11.3 Å². The second kappa shape index (κ2) is 7.01. The van der Waals surface area contributed by atoms with Crippen LogP contribution in [0.15, 0.2) is 17.5 Å². The fraction of sp³-hybridized carbons (Fsp3) is 0.667. The highest BCUT2D eigenvalue weighted by atomic mass is 32.1. The van der Waals surface area contributed by atoms with E-state index in [1.54, 1.807) is 11.3 Å². The molecule has 0 aliphatic carbocycles. The highest BCUT2D eigenvalue weighted by Crippen LogP contribution is 2.22. The summed E-state index contributed by atoms with van der Waals surface area (Å²) in [5, 5.41) is 5.28. The summed E-state index contributed by atoms with van der Waals surface area (Å²) in [4.78, 5) is 1.31. The summed E-state index contributed by atoms with van der Waals surface area (Å²) >= 11 is 1.71. The second-order valence-corrected chi connectivity index (χ2v) is 5.22. The van der Waals surface area contributed by atoms with Crippen LogP contribution in [-0.4, -0.2) is 18.8 Å². The minimum atomic E-state index is -4.02. The predicted molar refractivity (Wildman–Crippen MR) is 65.4 cm³/mol. The fourth-order valence-electron chi connectivity index (χ4n) is 1.61. The maximum absolute atomic E-state index is 11.9. The highest BCUT2D eigenvalue weighted by molar-refractivity contribution is 7.09. The molecule has 17 heavy (non-hydrogen) atoms. The van der Waals surface area contributed by atoms with E-state index < -0.39 is 12.6 Å². The lowest BCUT2D eigenvalue weighted by molar-refractivity contribution is -0.135. The lowest BCUT2D eigenvalue weighted by Crippen LogP contribution is -2.28. The summed E-state index contributed by atoms with van der Waals surface area (Å²) < 4.78 is 35.8. The van der Waals surface area contributed by atoms with Crippen molar-refractivity contribution in [1.82, 2.24) is 5.32 Å². The molecule has 1 rings (SSSR count). The molecule has 1 unspecified atom stereocenters. The van der Waals surface area contributed by atoms with Gasteiger partial charge >= 0.3 is 6.18 Å². The van der Waals surface area contributed by atoms with Gasteiger partial charge in [-0.05, 0) is 37.6 Å². The molecule has 0 fully saturated rings. The first kappa shape index (κ1) is 14.5. The third-order valence-corrected chi connectivity index (χ3v) is 3.48. The van der Waals surface area contributed by atoms with Crippen molar-refractivity contribution in [3.05, 3.63) is 22.4 Å². The van der Waals surface area contributed by atoms with Crippen molar-refractivity contribution in [1.29, 1.82) is 0 Å². The largest absolute Gasteiger partial charge is 0.389 e. The van der Waals surface area contributed by atoms with E-state index in [0.717, 1.165) is 13.0 Å². The Balaban J connectivity index is 2.03. The summed E-state index contributed by atoms with van der Waals surface area (Å²) in [6.45, 7) is 2.76. The van der Waals surface area contributed by atoms with E-state index >= 15 is 0 Å². The van der Waals surface area contributed by atoms with Crippen molar-refractivity contribution in [2.45, 2.75) is 44.8 Å². The summed E-state index contributed by atoms with van der Waals surface area (Å²) in [7, 11) is 0. The molecule has 5 heteroatoms. The van der Waals surface area contributed by atoms with Crippen LogP contribution in [0.4, 0.5) is 13.2 Å². The molecule has 0 aliphatic rings. The van der Waals surface area contributed by atoms with E-state index in [1.165, 1.54) is 4.88 Å². The van der Waals surface area contributed by atoms with Crippen LogP contribution in [0, 0.1) is 0 Å². The average Bonchev–Trinajstić information content (AvgIpc) is 2.68. The Labute approximate surface area is 104 Å². The van der Waals surface area contributed by atoms with E-state index in [1.807, 2.05) is 18.4 Å². The van der Waals surface area contributed by atoms with Crippen molar-refractivity contribution in [3.63, 3.8) is 0 Å². The van der Waals surface area contributed by atoms with Gasteiger partial charge in [0.2, 0.25) is 0 Å². The van der Waals surface area contributed by atoms with Crippen molar-refractivity contribution < 1.29 is 13.2 Å². The number of nitrogens with one attached hydrogen (secondary N) is 1. The quantitative estimate of drug-likeness (QED) is 0.785. The van der Waals surface area contributed by atoms with Crippen molar-refractivity contribution in [2.75, 3.05) is 6.54 Å². The molecule has 0 aromatic carbocycles. The molecule has 0 aliphatic heterocycles. The predicted octanol–water partition coefficient (Wildman–Crippen LogP) is 4.00. The Bertz CT molecular complexity index is 295. The van der Waals surface area contributed by atoms with Gasteiger partial charge in [-0.2, -0.15) is 13.2 Å². The van der Waals surface area contributed by atoms with Gasteiger partial charge in [-0.25, -0.2) is 0 Å². The number of hydrogen-bond acceptors (Lipinski definition) is 2. The molecule has 0 amide bonds. The summed E-state index contributed by atoms with van der Waals surface area (Å²) in [5.41, 5.74) is 0. The molecule has 0 saturated heterocycles. The van der Waals surface area contributed by atoms with Crippen LogP contribution in [0.5, 0.6) is 0 Å². The lowest BCUT2D eigenvalue weighted by atomic mass is 10.1. The van der Waals surface area contributed by atoms with Crippen LogP contribution in [0.3, 0.4) is 0 Å². The standard InChI is InChI=1S/C12H18F3NS/c1-10(4-2-7-12(13,14)15)16-8-6-11-5-3-9-17-11/h3,5,9-10,16H,2,4,6-8H2,1H3. The van der Waals surface area contributed by atoms with Gasteiger partial charge < -0.3 is 5.32 Å². The average molecular weight is 265 g/mol. The second-order valence-electron chi connectivity index (χ2n) is 4.19. The fourth-order valence-corrected chi connectivity index (χ4v) is 2.32. The van der Waals surface area contributed by atoms with Gasteiger partial charge in [-0.15, -0.1) is 11.3 Å². The Kier molecular flexibility index (Phi) is 5.98. The lowest BCUT2D eigenvalue weighted by Gasteiger charge is -2.14. The van der Waals surface area contributed by atoms with E-state index in [4.69, 9.17) is 0 Å². The van der Waals surface area contributed by atoms with Gasteiger partial charge in [0.05, 0.1) is 0 Å². The molecular weight excluding hydrogens is 247 g/mol. The zero-order valence-corrected chi connectivity index (χ0v) is 10.7. The van der Waals surface area contributed by atoms with Gasteiger partial charge in [0.25, 0.3) is 0 Å². The summed E-state index contributed by atoms with van der Waals surface area (Å²) in [6, 6.07) is 4.23. The Morgan fingerprint density at radius 3 is 2.76 bits per heavy atom. The van der Waals surface area contributed by atoms with Crippen LogP contribution >= 0.6 is 11.3 Å². The molecule has 1 aromatic heterocycles. The Morgan fingerprint density at radius 1 is 1.41 bits per heavy atom. The molecular formula is C12H18F3NS. The number of hydrogen-bond donors (Lipinski definition) is 1. The molecule has 0 spiro atoms. The molecule has 0 radical (unpaired) electrons. The first-order valence-electron chi connectivity index (χ1n) is 5.80. The van der Waals surface area contributed by atoms with Crippen LogP contribution in [0.1, 0.15) is 31.1 Å². The van der Waals surface area contributed by atoms with Gasteiger partial charge in [-0.1, -0.05) is 6.07 Å². The SMILES string of the molecule is CC(CCCC(F)(F)F)NCCc1cccs1. The smallest absolute Gasteiger partial charge is 0.314 e. The van der Waals surface area contributed by atoms with Gasteiger partial charge in [0.15, 0.2) is 0 Å². The van der Waals surface area contributed by atoms with Gasteiger partial charge in [0, 0.05) is 23.9 Å². The van der Waals surface area contributed by atoms with E-state index in [-0.39, 0.29) is 12.5 Å². The first-order valence-corrected chi connectivity index (χ1v) is 6.68. The monoisotopic (exact) mass is 265 g/mol. The molecule has 0 bridgehead atoms. The van der Waals surface area contributed by atoms with E-state index in [2.05, 4.69) is 11.4 Å². The minimum absolute atomic E-state index is 0.150. The van der Waals surface area contributed by atoms with Crippen LogP contribution in [0.2, 0.25) is 0 Å². The maximum atomic E-state index is 11.9. The maximum Gasteiger partial charge on any atom is 0.389 e. The van der Waals surface area contributed by atoms with Gasteiger partial charge in [-0.3, -0.25) is 0 Å². The molecule has 0 saturated carbocycles. The normalized spacial score (nSPS) is 13.9. The van der Waals surface area contributed by atoms with E-state index in [9.17, 15) is 13.2 Å². The van der Waals surface area contributed by atoms with Crippen LogP contribution in [-0.2, 0) is 6.42 Å². The molecule has 98 valence electrons. The van der Waals surface area contributed by atoms with Crippen molar-refractivity contribution in [3.8, 4) is 0 Å². The number of rotatable bonds is 7. The third-order valence-electron chi connectivity index (χ3n) is 2.54. The zero-order chi connectivity index (χ0) is 12.7. The topological polar surface area (TPSA) is 12.0 Å². The van der Waals surface area contributed by atoms with Gasteiger partial charge in [0.1, 0.15) is 0 Å². The third kappa shape index (κ3) is 7.39. The molecule has 1 N–H and O–H groups in total. The molecule has 1 heterocycles. The molecule has 1 nitrogen and oxygen atoms in total. The highest BCUT2D eigenvalue weighted by Gasteiger charge is 2.26. The van der Waals surface area contributed by atoms with Crippen LogP contribution in [0.25, 0.3) is 0 Å². The summed E-state index contributed by atoms with van der Waals surface area (Å²) in [5.74, 6) is 0. The first-order chi connectivity index (χ1) is 7.97. The number of halogens is 3.